The molecule has 0 aromatic heterocycles. The fourth-order valence-corrected chi connectivity index (χ4v) is 2.27. The fraction of sp³-hybridized carbons (Fsp3) is 0.417. The highest BCUT2D eigenvalue weighted by atomic mass is 35.5. The molecule has 106 valence electrons. The minimum Gasteiger partial charge on any atom is -0.462 e. The Kier molecular flexibility index (Phi) is 5.34. The number of ether oxygens (including phenoxy) is 1. The molecule has 1 aromatic carbocycles. The van der Waals surface area contributed by atoms with Gasteiger partial charge in [-0.2, -0.15) is 0 Å². The van der Waals surface area contributed by atoms with Crippen LogP contribution in [-0.2, 0) is 14.8 Å². The van der Waals surface area contributed by atoms with E-state index in [0.29, 0.717) is 5.56 Å². The Morgan fingerprint density at radius 1 is 1.42 bits per heavy atom. The van der Waals surface area contributed by atoms with Crippen LogP contribution < -0.4 is 5.14 Å². The van der Waals surface area contributed by atoms with E-state index in [9.17, 15) is 13.2 Å². The first-order chi connectivity index (χ1) is 8.77. The lowest BCUT2D eigenvalue weighted by Gasteiger charge is -2.10. The lowest BCUT2D eigenvalue weighted by Crippen LogP contribution is -2.15. The molecule has 0 saturated heterocycles. The standard InChI is InChI=1S/C12H16ClNO4S/c1-3-4-5-18-12(15)10-6-9(19(14,16)17)7-11(13)8(10)2/h6-7H,3-5H2,1-2H3,(H2,14,16,17). The minimum absolute atomic E-state index is 0.118. The van der Waals surface area contributed by atoms with Gasteiger partial charge in [0, 0.05) is 5.02 Å². The van der Waals surface area contributed by atoms with Crippen LogP contribution in [0.15, 0.2) is 17.0 Å². The first-order valence-corrected chi connectivity index (χ1v) is 7.70. The van der Waals surface area contributed by atoms with Gasteiger partial charge in [-0.25, -0.2) is 18.4 Å². The van der Waals surface area contributed by atoms with Gasteiger partial charge in [-0.15, -0.1) is 0 Å². The number of rotatable bonds is 5. The number of nitrogens with two attached hydrogens (primary N) is 1. The molecule has 1 rings (SSSR count). The average molecular weight is 306 g/mol. The largest absolute Gasteiger partial charge is 0.462 e. The van der Waals surface area contributed by atoms with Gasteiger partial charge in [0.25, 0.3) is 0 Å². The van der Waals surface area contributed by atoms with Gasteiger partial charge in [-0.3, -0.25) is 0 Å². The van der Waals surface area contributed by atoms with Crippen molar-refractivity contribution in [2.45, 2.75) is 31.6 Å². The summed E-state index contributed by atoms with van der Waals surface area (Å²) >= 11 is 5.90. The van der Waals surface area contributed by atoms with Crippen LogP contribution in [0.3, 0.4) is 0 Å². The predicted octanol–water partition coefficient (Wildman–Crippen LogP) is 2.25. The number of benzene rings is 1. The van der Waals surface area contributed by atoms with Crippen molar-refractivity contribution in [2.75, 3.05) is 6.61 Å². The van der Waals surface area contributed by atoms with Crippen LogP contribution in [0.25, 0.3) is 0 Å². The van der Waals surface area contributed by atoms with Crippen LogP contribution in [0.2, 0.25) is 5.02 Å². The van der Waals surface area contributed by atoms with Crippen molar-refractivity contribution in [3.05, 3.63) is 28.3 Å². The van der Waals surface area contributed by atoms with Crippen molar-refractivity contribution in [3.63, 3.8) is 0 Å². The molecule has 0 aliphatic rings. The van der Waals surface area contributed by atoms with Crippen molar-refractivity contribution in [1.82, 2.24) is 0 Å². The molecule has 0 bridgehead atoms. The van der Waals surface area contributed by atoms with Crippen LogP contribution in [0, 0.1) is 6.92 Å². The zero-order valence-electron chi connectivity index (χ0n) is 10.8. The molecule has 0 amide bonds. The van der Waals surface area contributed by atoms with Crippen LogP contribution in [-0.4, -0.2) is 21.0 Å². The molecular formula is C12H16ClNO4S. The smallest absolute Gasteiger partial charge is 0.338 e. The second-order valence-corrected chi connectivity index (χ2v) is 6.08. The molecule has 0 radical (unpaired) electrons. The highest BCUT2D eigenvalue weighted by Gasteiger charge is 2.18. The predicted molar refractivity (Wildman–Crippen MR) is 72.8 cm³/mol. The summed E-state index contributed by atoms with van der Waals surface area (Å²) < 4.78 is 27.6. The summed E-state index contributed by atoms with van der Waals surface area (Å²) in [5, 5.41) is 5.19. The second-order valence-electron chi connectivity index (χ2n) is 4.11. The molecule has 0 fully saturated rings. The van der Waals surface area contributed by atoms with Gasteiger partial charge in [0.05, 0.1) is 17.1 Å². The maximum Gasteiger partial charge on any atom is 0.338 e. The number of primary sulfonamides is 1. The van der Waals surface area contributed by atoms with Gasteiger partial charge < -0.3 is 4.74 Å². The van der Waals surface area contributed by atoms with Crippen LogP contribution in [0.1, 0.15) is 35.7 Å². The molecule has 5 nitrogen and oxygen atoms in total. The SMILES string of the molecule is CCCCOC(=O)c1cc(S(N)(=O)=O)cc(Cl)c1C. The topological polar surface area (TPSA) is 86.5 Å². The normalized spacial score (nSPS) is 11.4. The van der Waals surface area contributed by atoms with E-state index in [1.54, 1.807) is 6.92 Å². The quantitative estimate of drug-likeness (QED) is 0.667. The Bertz CT molecular complexity index is 584. The summed E-state index contributed by atoms with van der Waals surface area (Å²) in [5.74, 6) is -0.599. The number of esters is 1. The summed E-state index contributed by atoms with van der Waals surface area (Å²) in [6, 6.07) is 2.40. The van der Waals surface area contributed by atoms with Gasteiger partial charge in [0.1, 0.15) is 0 Å². The zero-order valence-corrected chi connectivity index (χ0v) is 12.3. The number of carbonyl (C=O) groups excluding carboxylic acids is 1. The Morgan fingerprint density at radius 3 is 2.58 bits per heavy atom. The van der Waals surface area contributed by atoms with Crippen LogP contribution >= 0.6 is 11.6 Å². The third-order valence-electron chi connectivity index (χ3n) is 2.60. The van der Waals surface area contributed by atoms with E-state index in [1.807, 2.05) is 6.92 Å². The van der Waals surface area contributed by atoms with E-state index in [0.717, 1.165) is 12.8 Å². The van der Waals surface area contributed by atoms with E-state index in [-0.39, 0.29) is 22.1 Å². The van der Waals surface area contributed by atoms with Gasteiger partial charge >= 0.3 is 5.97 Å². The molecule has 0 unspecified atom stereocenters. The minimum atomic E-state index is -3.92. The maximum atomic E-state index is 11.9. The zero-order chi connectivity index (χ0) is 14.6. The lowest BCUT2D eigenvalue weighted by atomic mass is 10.1. The molecule has 0 spiro atoms. The number of hydrogen-bond donors (Lipinski definition) is 1. The Balaban J connectivity index is 3.13. The average Bonchev–Trinajstić information content (AvgIpc) is 2.31. The summed E-state index contributed by atoms with van der Waals surface area (Å²) in [5.41, 5.74) is 0.586. The number of sulfonamides is 1. The first-order valence-electron chi connectivity index (χ1n) is 5.77. The highest BCUT2D eigenvalue weighted by Crippen LogP contribution is 2.24. The summed E-state index contributed by atoms with van der Waals surface area (Å²) in [4.78, 5) is 11.7. The van der Waals surface area contributed by atoms with Crippen molar-refractivity contribution >= 4 is 27.6 Å². The number of unbranched alkanes of at least 4 members (excludes halogenated alkanes) is 1. The van der Waals surface area contributed by atoms with E-state index in [1.165, 1.54) is 12.1 Å². The molecule has 0 saturated carbocycles. The highest BCUT2D eigenvalue weighted by molar-refractivity contribution is 7.89. The van der Waals surface area contributed by atoms with Gasteiger partial charge in [0.2, 0.25) is 10.0 Å². The second kappa shape index (κ2) is 6.36. The van der Waals surface area contributed by atoms with Crippen LogP contribution in [0.4, 0.5) is 0 Å². The van der Waals surface area contributed by atoms with E-state index < -0.39 is 16.0 Å². The summed E-state index contributed by atoms with van der Waals surface area (Å²) in [6.45, 7) is 3.87. The monoisotopic (exact) mass is 305 g/mol. The van der Waals surface area contributed by atoms with Crippen LogP contribution in [0.5, 0.6) is 0 Å². The molecule has 0 heterocycles. The van der Waals surface area contributed by atoms with Crippen molar-refractivity contribution in [2.24, 2.45) is 5.14 Å². The third-order valence-corrected chi connectivity index (χ3v) is 3.88. The molecule has 0 aliphatic heterocycles. The number of carbonyl (C=O) groups is 1. The van der Waals surface area contributed by atoms with Crippen molar-refractivity contribution in [3.8, 4) is 0 Å². The van der Waals surface area contributed by atoms with Gasteiger partial charge in [0.15, 0.2) is 0 Å². The third kappa shape index (κ3) is 4.19. The molecule has 2 N–H and O–H groups in total. The number of hydrogen-bond acceptors (Lipinski definition) is 4. The van der Waals surface area contributed by atoms with E-state index >= 15 is 0 Å². The Labute approximate surface area is 117 Å². The van der Waals surface area contributed by atoms with Gasteiger partial charge in [-0.1, -0.05) is 24.9 Å². The summed E-state index contributed by atoms with van der Waals surface area (Å²) in [6.07, 6.45) is 1.64. The Hall–Kier alpha value is -1.11. The summed E-state index contributed by atoms with van der Waals surface area (Å²) in [7, 11) is -3.92. The molecule has 19 heavy (non-hydrogen) atoms. The maximum absolute atomic E-state index is 11.9. The molecule has 7 heteroatoms. The van der Waals surface area contributed by atoms with E-state index in [2.05, 4.69) is 0 Å². The molecule has 0 aliphatic carbocycles. The fourth-order valence-electron chi connectivity index (χ4n) is 1.42. The molecular weight excluding hydrogens is 290 g/mol. The van der Waals surface area contributed by atoms with Crippen molar-refractivity contribution in [1.29, 1.82) is 0 Å². The van der Waals surface area contributed by atoms with Crippen molar-refractivity contribution < 1.29 is 17.9 Å². The molecule has 0 atom stereocenters. The lowest BCUT2D eigenvalue weighted by molar-refractivity contribution is 0.0498. The molecule has 1 aromatic rings. The Morgan fingerprint density at radius 2 is 2.05 bits per heavy atom. The first kappa shape index (κ1) is 15.9. The van der Waals surface area contributed by atoms with E-state index in [4.69, 9.17) is 21.5 Å². The van der Waals surface area contributed by atoms with Gasteiger partial charge in [-0.05, 0) is 31.0 Å². The number of halogens is 1.